The molecule has 24 heavy (non-hydrogen) atoms. The van der Waals surface area contributed by atoms with Crippen molar-refractivity contribution in [2.45, 2.75) is 6.54 Å². The van der Waals surface area contributed by atoms with Crippen molar-refractivity contribution in [1.82, 2.24) is 19.7 Å². The summed E-state index contributed by atoms with van der Waals surface area (Å²) in [6.45, 7) is 2.07. The lowest BCUT2D eigenvalue weighted by Crippen LogP contribution is -2.44. The van der Waals surface area contributed by atoms with Gasteiger partial charge in [0.05, 0.1) is 12.3 Å². The molecule has 1 saturated heterocycles. The van der Waals surface area contributed by atoms with Gasteiger partial charge in [-0.1, -0.05) is 5.16 Å². The number of sulfonamides is 1. The maximum Gasteiger partial charge on any atom is 0.215 e. The second-order valence-electron chi connectivity index (χ2n) is 5.15. The number of aromatic nitrogens is 1. The first-order chi connectivity index (χ1) is 11.0. The van der Waals surface area contributed by atoms with Crippen LogP contribution in [0.3, 0.4) is 0 Å². The van der Waals surface area contributed by atoms with E-state index in [0.717, 1.165) is 17.2 Å². The number of hydrogen-bond donors (Lipinski definition) is 1. The molecule has 0 bridgehead atoms. The lowest BCUT2D eigenvalue weighted by Gasteiger charge is -2.26. The predicted molar refractivity (Wildman–Crippen MR) is 107 cm³/mol. The molecule has 0 atom stereocenters. The van der Waals surface area contributed by atoms with Crippen LogP contribution in [0.15, 0.2) is 21.8 Å². The zero-order valence-electron chi connectivity index (χ0n) is 13.8. The van der Waals surface area contributed by atoms with Crippen LogP contribution in [0.5, 0.6) is 0 Å². The van der Waals surface area contributed by atoms with Crippen LogP contribution in [0.25, 0.3) is 0 Å². The minimum absolute atomic E-state index is 0. The fourth-order valence-electron chi connectivity index (χ4n) is 2.27. The Bertz CT molecular complexity index is 603. The molecule has 0 amide bonds. The Labute approximate surface area is 164 Å². The SMILES string of the molecule is CN=C(NCCS(=O)(=O)N1CCSCC1)N(C)Cc1ccon1.I. The molecular weight excluding hydrogens is 465 g/mol. The van der Waals surface area contributed by atoms with Crippen molar-refractivity contribution in [3.63, 3.8) is 0 Å². The van der Waals surface area contributed by atoms with Crippen molar-refractivity contribution < 1.29 is 12.9 Å². The Balaban J connectivity index is 0.00000288. The van der Waals surface area contributed by atoms with Gasteiger partial charge in [0.25, 0.3) is 0 Å². The third kappa shape index (κ3) is 6.41. The average Bonchev–Trinajstić information content (AvgIpc) is 3.05. The fraction of sp³-hybridized carbons (Fsp3) is 0.692. The van der Waals surface area contributed by atoms with Gasteiger partial charge in [0, 0.05) is 51.3 Å². The average molecular weight is 489 g/mol. The van der Waals surface area contributed by atoms with Gasteiger partial charge in [0.15, 0.2) is 5.96 Å². The standard InChI is InChI=1S/C13H23N5O3S2.HI/c1-14-13(17(2)11-12-3-7-21-16-12)15-4-10-23(19,20)18-5-8-22-9-6-18;/h3,7H,4-6,8-11H2,1-2H3,(H,14,15);1H. The molecule has 1 aromatic rings. The van der Waals surface area contributed by atoms with E-state index in [1.165, 1.54) is 6.26 Å². The van der Waals surface area contributed by atoms with Gasteiger partial charge in [-0.2, -0.15) is 11.8 Å². The number of rotatable bonds is 6. The van der Waals surface area contributed by atoms with Crippen LogP contribution >= 0.6 is 35.7 Å². The van der Waals surface area contributed by atoms with E-state index < -0.39 is 10.0 Å². The minimum atomic E-state index is -3.21. The normalized spacial score (nSPS) is 16.5. The third-order valence-electron chi connectivity index (χ3n) is 3.47. The molecule has 1 aliphatic rings. The van der Waals surface area contributed by atoms with Crippen molar-refractivity contribution in [1.29, 1.82) is 0 Å². The van der Waals surface area contributed by atoms with Crippen LogP contribution in [-0.4, -0.2) is 79.7 Å². The highest BCUT2D eigenvalue weighted by Crippen LogP contribution is 2.13. The van der Waals surface area contributed by atoms with Crippen molar-refractivity contribution >= 4 is 51.7 Å². The number of hydrogen-bond acceptors (Lipinski definition) is 6. The molecule has 1 N–H and O–H groups in total. The number of nitrogens with zero attached hydrogens (tertiary/aromatic N) is 4. The zero-order valence-corrected chi connectivity index (χ0v) is 17.8. The van der Waals surface area contributed by atoms with Crippen LogP contribution < -0.4 is 5.32 Å². The van der Waals surface area contributed by atoms with Gasteiger partial charge in [-0.15, -0.1) is 24.0 Å². The third-order valence-corrected chi connectivity index (χ3v) is 6.28. The highest BCUT2D eigenvalue weighted by molar-refractivity contribution is 14.0. The molecule has 1 fully saturated rings. The minimum Gasteiger partial charge on any atom is -0.364 e. The Hall–Kier alpha value is -0.530. The molecular formula is C13H24IN5O3S2. The molecule has 0 aliphatic carbocycles. The first-order valence-electron chi connectivity index (χ1n) is 7.39. The van der Waals surface area contributed by atoms with Gasteiger partial charge in [-0.25, -0.2) is 12.7 Å². The second kappa shape index (κ2) is 10.5. The summed E-state index contributed by atoms with van der Waals surface area (Å²) in [6.07, 6.45) is 1.52. The molecule has 1 aromatic heterocycles. The first kappa shape index (κ1) is 21.5. The van der Waals surface area contributed by atoms with E-state index in [1.54, 1.807) is 29.2 Å². The van der Waals surface area contributed by atoms with Gasteiger partial charge in [0.2, 0.25) is 10.0 Å². The van der Waals surface area contributed by atoms with Crippen molar-refractivity contribution in [3.05, 3.63) is 18.0 Å². The van der Waals surface area contributed by atoms with Crippen LogP contribution in [0.2, 0.25) is 0 Å². The Morgan fingerprint density at radius 2 is 2.21 bits per heavy atom. The van der Waals surface area contributed by atoms with Crippen LogP contribution in [0.4, 0.5) is 0 Å². The molecule has 1 aliphatic heterocycles. The van der Waals surface area contributed by atoms with E-state index in [1.807, 2.05) is 11.9 Å². The first-order valence-corrected chi connectivity index (χ1v) is 10.2. The van der Waals surface area contributed by atoms with Crippen LogP contribution in [0, 0.1) is 0 Å². The number of nitrogens with one attached hydrogen (secondary N) is 1. The predicted octanol–water partition coefficient (Wildman–Crippen LogP) is 0.678. The summed E-state index contributed by atoms with van der Waals surface area (Å²) < 4.78 is 30.9. The quantitative estimate of drug-likeness (QED) is 0.357. The summed E-state index contributed by atoms with van der Waals surface area (Å²) in [6, 6.07) is 1.78. The lowest BCUT2D eigenvalue weighted by molar-refractivity contribution is 0.391. The van der Waals surface area contributed by atoms with Gasteiger partial charge >= 0.3 is 0 Å². The molecule has 0 radical (unpaired) electrons. The summed E-state index contributed by atoms with van der Waals surface area (Å²) in [5.74, 6) is 2.43. The number of halogens is 1. The molecule has 11 heteroatoms. The molecule has 0 aromatic carbocycles. The van der Waals surface area contributed by atoms with E-state index in [-0.39, 0.29) is 29.7 Å². The van der Waals surface area contributed by atoms with E-state index in [2.05, 4.69) is 15.5 Å². The molecule has 138 valence electrons. The highest BCUT2D eigenvalue weighted by Gasteiger charge is 2.23. The molecule has 8 nitrogen and oxygen atoms in total. The number of guanidine groups is 1. The maximum atomic E-state index is 12.3. The van der Waals surface area contributed by atoms with E-state index >= 15 is 0 Å². The van der Waals surface area contributed by atoms with Gasteiger partial charge < -0.3 is 14.7 Å². The summed E-state index contributed by atoms with van der Waals surface area (Å²) in [5, 5.41) is 6.93. The molecule has 0 saturated carbocycles. The Kier molecular flexibility index (Phi) is 9.37. The van der Waals surface area contributed by atoms with Crippen LogP contribution in [0.1, 0.15) is 5.69 Å². The van der Waals surface area contributed by atoms with E-state index in [0.29, 0.717) is 32.1 Å². The summed E-state index contributed by atoms with van der Waals surface area (Å²) in [5.41, 5.74) is 0.786. The summed E-state index contributed by atoms with van der Waals surface area (Å²) in [7, 11) is 0.320. The Morgan fingerprint density at radius 1 is 1.50 bits per heavy atom. The van der Waals surface area contributed by atoms with E-state index in [9.17, 15) is 8.42 Å². The number of thioether (sulfide) groups is 1. The summed E-state index contributed by atoms with van der Waals surface area (Å²) in [4.78, 5) is 6.03. The van der Waals surface area contributed by atoms with Crippen molar-refractivity contribution in [2.75, 3.05) is 51.0 Å². The lowest BCUT2D eigenvalue weighted by atomic mass is 10.4. The molecule has 0 spiro atoms. The maximum absolute atomic E-state index is 12.3. The number of aliphatic imine (C=N–C) groups is 1. The van der Waals surface area contributed by atoms with Gasteiger partial charge in [-0.05, 0) is 0 Å². The topological polar surface area (TPSA) is 91.0 Å². The van der Waals surface area contributed by atoms with Crippen molar-refractivity contribution in [3.8, 4) is 0 Å². The smallest absolute Gasteiger partial charge is 0.215 e. The van der Waals surface area contributed by atoms with Gasteiger partial charge in [0.1, 0.15) is 12.0 Å². The summed E-state index contributed by atoms with van der Waals surface area (Å²) >= 11 is 1.79. The Morgan fingerprint density at radius 3 is 2.79 bits per heavy atom. The molecule has 0 unspecified atom stereocenters. The molecule has 2 heterocycles. The monoisotopic (exact) mass is 489 g/mol. The second-order valence-corrected chi connectivity index (χ2v) is 8.46. The highest BCUT2D eigenvalue weighted by atomic mass is 127. The van der Waals surface area contributed by atoms with Crippen molar-refractivity contribution in [2.24, 2.45) is 4.99 Å². The largest absolute Gasteiger partial charge is 0.364 e. The molecule has 2 rings (SSSR count). The zero-order chi connectivity index (χ0) is 16.7. The van der Waals surface area contributed by atoms with E-state index in [4.69, 9.17) is 4.52 Å². The van der Waals surface area contributed by atoms with Gasteiger partial charge in [-0.3, -0.25) is 4.99 Å². The fourth-order valence-corrected chi connectivity index (χ4v) is 4.76. The van der Waals surface area contributed by atoms with Crippen LogP contribution in [-0.2, 0) is 16.6 Å².